The lowest BCUT2D eigenvalue weighted by molar-refractivity contribution is -0.113. The van der Waals surface area contributed by atoms with E-state index in [1.165, 1.54) is 11.0 Å². The Hall–Kier alpha value is -2.95. The molecule has 0 radical (unpaired) electrons. The van der Waals surface area contributed by atoms with Gasteiger partial charge in [0.1, 0.15) is 18.1 Å². The van der Waals surface area contributed by atoms with Crippen LogP contribution in [0.3, 0.4) is 0 Å². The summed E-state index contributed by atoms with van der Waals surface area (Å²) >= 11 is 12.8. The molecule has 2 aromatic carbocycles. The summed E-state index contributed by atoms with van der Waals surface area (Å²) in [4.78, 5) is 27.4. The molecule has 2 N–H and O–H groups in total. The van der Waals surface area contributed by atoms with Crippen LogP contribution in [0.15, 0.2) is 70.0 Å². The van der Waals surface area contributed by atoms with E-state index in [0.717, 1.165) is 17.3 Å². The highest BCUT2D eigenvalue weighted by Gasteiger charge is 2.34. The van der Waals surface area contributed by atoms with Crippen LogP contribution in [0.5, 0.6) is 0 Å². The largest absolute Gasteiger partial charge is 0.461 e. The predicted molar refractivity (Wildman–Crippen MR) is 144 cm³/mol. The van der Waals surface area contributed by atoms with Crippen molar-refractivity contribution < 1.29 is 29.0 Å². The Kier molecular flexibility index (Phi) is 7.97. The standard InChI is InChI=1S/C26H22ClNO6S2/c1-26(13-29,14-30)15-33-24(32)16-5-4-6-17(11-16)28-23(31)22(36-25(28)35)12-18-9-10-21(34-18)19-7-2-3-8-20(19)27/h2-12,29-30H,13-15H2,1H3. The molecular formula is C26H22ClNO6S2. The average molecular weight is 544 g/mol. The van der Waals surface area contributed by atoms with Gasteiger partial charge in [-0.25, -0.2) is 4.79 Å². The number of halogens is 1. The molecule has 0 aliphatic carbocycles. The van der Waals surface area contributed by atoms with Crippen molar-refractivity contribution >= 4 is 63.5 Å². The first-order chi connectivity index (χ1) is 17.2. The van der Waals surface area contributed by atoms with E-state index < -0.39 is 11.4 Å². The number of aliphatic hydroxyl groups excluding tert-OH is 2. The summed E-state index contributed by atoms with van der Waals surface area (Å²) in [6.07, 6.45) is 1.61. The van der Waals surface area contributed by atoms with Crippen LogP contribution in [-0.2, 0) is 9.53 Å². The molecule has 0 atom stereocenters. The summed E-state index contributed by atoms with van der Waals surface area (Å²) in [5, 5.41) is 19.3. The van der Waals surface area contributed by atoms with Crippen LogP contribution in [0.2, 0.25) is 5.02 Å². The zero-order chi connectivity index (χ0) is 25.9. The van der Waals surface area contributed by atoms with Crippen molar-refractivity contribution in [3.63, 3.8) is 0 Å². The summed E-state index contributed by atoms with van der Waals surface area (Å²) in [6.45, 7) is 0.760. The lowest BCUT2D eigenvalue weighted by Crippen LogP contribution is -2.32. The molecule has 0 saturated carbocycles. The van der Waals surface area contributed by atoms with Crippen molar-refractivity contribution in [1.82, 2.24) is 0 Å². The maximum Gasteiger partial charge on any atom is 0.338 e. The molecule has 1 aliphatic heterocycles. The number of rotatable bonds is 8. The maximum atomic E-state index is 13.2. The van der Waals surface area contributed by atoms with Crippen LogP contribution in [0, 0.1) is 5.41 Å². The van der Waals surface area contributed by atoms with Gasteiger partial charge in [-0.05, 0) is 42.5 Å². The van der Waals surface area contributed by atoms with E-state index in [9.17, 15) is 19.8 Å². The van der Waals surface area contributed by atoms with E-state index in [1.807, 2.05) is 18.2 Å². The summed E-state index contributed by atoms with van der Waals surface area (Å²) in [5.41, 5.74) is 0.416. The number of ether oxygens (including phenoxy) is 1. The minimum absolute atomic E-state index is 0.161. The van der Waals surface area contributed by atoms with Gasteiger partial charge in [0.15, 0.2) is 4.32 Å². The lowest BCUT2D eigenvalue weighted by atomic mass is 9.94. The molecule has 1 aromatic heterocycles. The van der Waals surface area contributed by atoms with Gasteiger partial charge in [0.25, 0.3) is 5.91 Å². The van der Waals surface area contributed by atoms with Crippen molar-refractivity contribution in [3.05, 3.63) is 81.9 Å². The number of thiocarbonyl (C=S) groups is 1. The fraction of sp³-hybridized carbons (Fsp3) is 0.192. The number of carbonyl (C=O) groups excluding carboxylic acids is 2. The number of aliphatic hydroxyl groups is 2. The molecule has 10 heteroatoms. The zero-order valence-electron chi connectivity index (χ0n) is 19.1. The third kappa shape index (κ3) is 5.55. The smallest absolute Gasteiger partial charge is 0.338 e. The Bertz CT molecular complexity index is 1350. The summed E-state index contributed by atoms with van der Waals surface area (Å²) in [5.74, 6) is 0.0543. The van der Waals surface area contributed by atoms with E-state index in [1.54, 1.807) is 49.4 Å². The van der Waals surface area contributed by atoms with E-state index in [0.29, 0.717) is 31.5 Å². The summed E-state index contributed by atoms with van der Waals surface area (Å²) < 4.78 is 11.4. The van der Waals surface area contributed by atoms with Gasteiger partial charge in [-0.2, -0.15) is 0 Å². The van der Waals surface area contributed by atoms with Crippen LogP contribution in [0.25, 0.3) is 17.4 Å². The molecule has 0 bridgehead atoms. The number of thioether (sulfide) groups is 1. The van der Waals surface area contributed by atoms with E-state index in [-0.39, 0.29) is 31.3 Å². The summed E-state index contributed by atoms with van der Waals surface area (Å²) in [6, 6.07) is 17.2. The lowest BCUT2D eigenvalue weighted by Gasteiger charge is -2.23. The number of benzene rings is 2. The second-order valence-corrected chi connectivity index (χ2v) is 10.5. The molecule has 4 rings (SSSR count). The van der Waals surface area contributed by atoms with Crippen LogP contribution in [-0.4, -0.2) is 46.2 Å². The predicted octanol–water partition coefficient (Wildman–Crippen LogP) is 5.15. The summed E-state index contributed by atoms with van der Waals surface area (Å²) in [7, 11) is 0. The molecule has 186 valence electrons. The molecule has 1 amide bonds. The first-order valence-corrected chi connectivity index (χ1v) is 12.5. The highest BCUT2D eigenvalue weighted by Crippen LogP contribution is 2.37. The monoisotopic (exact) mass is 543 g/mol. The van der Waals surface area contributed by atoms with Gasteiger partial charge in [0.05, 0.1) is 34.4 Å². The number of hydrogen-bond donors (Lipinski definition) is 2. The minimum atomic E-state index is -0.951. The van der Waals surface area contributed by atoms with E-state index >= 15 is 0 Å². The van der Waals surface area contributed by atoms with Gasteiger partial charge in [-0.3, -0.25) is 9.69 Å². The van der Waals surface area contributed by atoms with E-state index in [4.69, 9.17) is 33.0 Å². The second-order valence-electron chi connectivity index (χ2n) is 8.45. The van der Waals surface area contributed by atoms with Crippen LogP contribution in [0.1, 0.15) is 23.0 Å². The zero-order valence-corrected chi connectivity index (χ0v) is 21.5. The number of amides is 1. The van der Waals surface area contributed by atoms with Crippen LogP contribution in [0.4, 0.5) is 5.69 Å². The van der Waals surface area contributed by atoms with Crippen molar-refractivity contribution in [2.24, 2.45) is 5.41 Å². The maximum absolute atomic E-state index is 13.2. The third-order valence-electron chi connectivity index (χ3n) is 5.49. The highest BCUT2D eigenvalue weighted by atomic mass is 35.5. The molecule has 0 unspecified atom stereocenters. The number of furan rings is 1. The number of esters is 1. The van der Waals surface area contributed by atoms with Crippen molar-refractivity contribution in [3.8, 4) is 11.3 Å². The molecule has 3 aromatic rings. The third-order valence-corrected chi connectivity index (χ3v) is 7.12. The van der Waals surface area contributed by atoms with Gasteiger partial charge in [-0.1, -0.05) is 60.7 Å². The van der Waals surface area contributed by atoms with E-state index in [2.05, 4.69) is 0 Å². The average Bonchev–Trinajstić information content (AvgIpc) is 3.46. The van der Waals surface area contributed by atoms with Gasteiger partial charge in [-0.15, -0.1) is 0 Å². The molecule has 1 fully saturated rings. The number of hydrogen-bond acceptors (Lipinski definition) is 8. The molecule has 36 heavy (non-hydrogen) atoms. The first-order valence-electron chi connectivity index (χ1n) is 10.9. The number of nitrogens with zero attached hydrogens (tertiary/aromatic N) is 1. The van der Waals surface area contributed by atoms with Crippen LogP contribution >= 0.6 is 35.6 Å². The Labute approximate surface area is 222 Å². The quantitative estimate of drug-likeness (QED) is 0.228. The molecule has 7 nitrogen and oxygen atoms in total. The molecular weight excluding hydrogens is 522 g/mol. The normalized spacial score (nSPS) is 15.1. The molecule has 1 aliphatic rings. The van der Waals surface area contributed by atoms with Crippen molar-refractivity contribution in [1.29, 1.82) is 0 Å². The fourth-order valence-corrected chi connectivity index (χ4v) is 4.80. The SMILES string of the molecule is CC(CO)(CO)COC(=O)c1cccc(N2C(=O)C(=Cc3ccc(-c4ccccc4Cl)o3)SC2=S)c1. The van der Waals surface area contributed by atoms with Crippen LogP contribution < -0.4 is 4.90 Å². The van der Waals surface area contributed by atoms with Crippen molar-refractivity contribution in [2.45, 2.75) is 6.92 Å². The molecule has 0 spiro atoms. The first kappa shape index (κ1) is 26.1. The Morgan fingerprint density at radius 2 is 1.92 bits per heavy atom. The number of carbonyl (C=O) groups is 2. The number of anilines is 1. The highest BCUT2D eigenvalue weighted by molar-refractivity contribution is 8.27. The van der Waals surface area contributed by atoms with Gasteiger partial charge in [0.2, 0.25) is 0 Å². The van der Waals surface area contributed by atoms with Gasteiger partial charge >= 0.3 is 5.97 Å². The second kappa shape index (κ2) is 11.0. The fourth-order valence-electron chi connectivity index (χ4n) is 3.29. The Morgan fingerprint density at radius 1 is 1.17 bits per heavy atom. The Balaban J connectivity index is 1.52. The minimum Gasteiger partial charge on any atom is -0.461 e. The van der Waals surface area contributed by atoms with Crippen molar-refractivity contribution in [2.75, 3.05) is 24.7 Å². The molecule has 1 saturated heterocycles. The van der Waals surface area contributed by atoms with Gasteiger partial charge in [0, 0.05) is 17.1 Å². The topological polar surface area (TPSA) is 100 Å². The molecule has 2 heterocycles. The van der Waals surface area contributed by atoms with Gasteiger partial charge < -0.3 is 19.4 Å². The Morgan fingerprint density at radius 3 is 2.64 bits per heavy atom.